The van der Waals surface area contributed by atoms with Gasteiger partial charge in [0.2, 0.25) is 5.82 Å². The lowest BCUT2D eigenvalue weighted by molar-refractivity contribution is 0.337. The van der Waals surface area contributed by atoms with Crippen molar-refractivity contribution >= 4 is 0 Å². The molecule has 1 aliphatic rings. The number of aromatic amines is 1. The molecule has 7 nitrogen and oxygen atoms in total. The maximum absolute atomic E-state index is 4.92. The summed E-state index contributed by atoms with van der Waals surface area (Å²) in [5, 5.41) is 19.5. The molecule has 0 amide bonds. The van der Waals surface area contributed by atoms with E-state index in [1.807, 2.05) is 18.2 Å². The third-order valence-electron chi connectivity index (χ3n) is 6.94. The molecule has 2 heterocycles. The molecule has 5 rings (SSSR count). The normalized spacial score (nSPS) is 14.7. The molecule has 0 radical (unpaired) electrons. The molecule has 2 aromatic heterocycles. The van der Waals surface area contributed by atoms with Crippen molar-refractivity contribution in [1.29, 1.82) is 0 Å². The second-order valence-electron chi connectivity index (χ2n) is 9.40. The number of benzene rings is 2. The van der Waals surface area contributed by atoms with Gasteiger partial charge in [0.1, 0.15) is 5.82 Å². The molecule has 1 aliphatic carbocycles. The largest absolute Gasteiger partial charge is 0.245 e. The van der Waals surface area contributed by atoms with Crippen LogP contribution in [0, 0.1) is 5.92 Å². The summed E-state index contributed by atoms with van der Waals surface area (Å²) in [7, 11) is 0. The van der Waals surface area contributed by atoms with Gasteiger partial charge in [0.25, 0.3) is 0 Å². The van der Waals surface area contributed by atoms with Gasteiger partial charge in [-0.3, -0.25) is 0 Å². The summed E-state index contributed by atoms with van der Waals surface area (Å²) in [4.78, 5) is 4.91. The minimum atomic E-state index is 0.599. The topological polar surface area (TPSA) is 85.2 Å². The third kappa shape index (κ3) is 5.73. The van der Waals surface area contributed by atoms with Crippen LogP contribution in [0.15, 0.2) is 60.7 Å². The molecule has 35 heavy (non-hydrogen) atoms. The van der Waals surface area contributed by atoms with Crippen LogP contribution in [0.25, 0.3) is 22.5 Å². The van der Waals surface area contributed by atoms with Gasteiger partial charge >= 0.3 is 0 Å². The molecule has 0 spiro atoms. The van der Waals surface area contributed by atoms with E-state index in [1.165, 1.54) is 44.1 Å². The number of aromatic nitrogens is 7. The molecule has 0 unspecified atom stereocenters. The van der Waals surface area contributed by atoms with Gasteiger partial charge in [-0.25, -0.2) is 9.67 Å². The summed E-state index contributed by atoms with van der Waals surface area (Å²) in [6.45, 7) is 2.77. The van der Waals surface area contributed by atoms with Crippen LogP contribution in [0.5, 0.6) is 0 Å². The molecule has 7 heteroatoms. The minimum Gasteiger partial charge on any atom is -0.245 e. The molecule has 1 N–H and O–H groups in total. The van der Waals surface area contributed by atoms with Crippen LogP contribution in [0.1, 0.15) is 62.7 Å². The van der Waals surface area contributed by atoms with Crippen molar-refractivity contribution in [1.82, 2.24) is 35.4 Å². The molecule has 0 bridgehead atoms. The molecular formula is C28H33N7. The van der Waals surface area contributed by atoms with E-state index in [1.54, 1.807) is 0 Å². The van der Waals surface area contributed by atoms with Crippen LogP contribution in [0.2, 0.25) is 0 Å². The molecule has 180 valence electrons. The van der Waals surface area contributed by atoms with Crippen LogP contribution in [0.3, 0.4) is 0 Å². The second-order valence-corrected chi connectivity index (χ2v) is 9.40. The lowest BCUT2D eigenvalue weighted by Gasteiger charge is -2.20. The van der Waals surface area contributed by atoms with Gasteiger partial charge in [-0.2, -0.15) is 10.3 Å². The fourth-order valence-corrected chi connectivity index (χ4v) is 5.01. The Morgan fingerprint density at radius 3 is 2.54 bits per heavy atom. The SMILES string of the molecule is CC=CCc1nc(CCC2CCCCC2)nn1Cc1ccc(-c2ccccc2-c2nn[nH]n2)cc1. The number of H-pyrrole nitrogens is 1. The van der Waals surface area contributed by atoms with E-state index in [4.69, 9.17) is 10.1 Å². The average Bonchev–Trinajstić information content (AvgIpc) is 3.58. The Bertz CT molecular complexity index is 1230. The van der Waals surface area contributed by atoms with E-state index in [0.717, 1.165) is 53.6 Å². The molecule has 0 atom stereocenters. The monoisotopic (exact) mass is 467 g/mol. The average molecular weight is 468 g/mol. The number of hydrogen-bond acceptors (Lipinski definition) is 5. The van der Waals surface area contributed by atoms with Gasteiger partial charge in [-0.05, 0) is 41.2 Å². The number of nitrogens with zero attached hydrogens (tertiary/aromatic N) is 6. The van der Waals surface area contributed by atoms with E-state index in [0.29, 0.717) is 5.82 Å². The molecule has 0 saturated heterocycles. The Balaban J connectivity index is 1.32. The molecule has 1 fully saturated rings. The summed E-state index contributed by atoms with van der Waals surface area (Å²) in [5.74, 6) is 3.47. The zero-order chi connectivity index (χ0) is 23.9. The molecule has 4 aromatic rings. The van der Waals surface area contributed by atoms with E-state index in [-0.39, 0.29) is 0 Å². The Morgan fingerprint density at radius 2 is 1.80 bits per heavy atom. The van der Waals surface area contributed by atoms with Crippen molar-refractivity contribution in [3.63, 3.8) is 0 Å². The smallest absolute Gasteiger partial charge is 0.205 e. The van der Waals surface area contributed by atoms with E-state index in [2.05, 4.69) is 74.7 Å². The summed E-state index contributed by atoms with van der Waals surface area (Å²) in [6.07, 6.45) is 14.1. The summed E-state index contributed by atoms with van der Waals surface area (Å²) in [5.41, 5.74) is 4.37. The molecule has 0 aliphatic heterocycles. The highest BCUT2D eigenvalue weighted by atomic mass is 15.5. The van der Waals surface area contributed by atoms with Gasteiger partial charge in [-0.15, -0.1) is 10.2 Å². The standard InChI is InChI=1S/C28H33N7/c1-2-3-13-27-29-26(19-16-21-9-5-4-6-10-21)32-35(27)20-22-14-17-23(18-15-22)24-11-7-8-12-25(24)28-30-33-34-31-28/h2-3,7-8,11-12,14-15,17-18,21H,4-6,9-10,13,16,19-20H2,1H3,(H,30,31,33,34). The first-order valence-electron chi connectivity index (χ1n) is 12.8. The number of allylic oxidation sites excluding steroid dienone is 2. The van der Waals surface area contributed by atoms with Crippen LogP contribution in [0.4, 0.5) is 0 Å². The Labute approximate surface area is 206 Å². The number of hydrogen-bond donors (Lipinski definition) is 1. The zero-order valence-electron chi connectivity index (χ0n) is 20.4. The summed E-state index contributed by atoms with van der Waals surface area (Å²) in [6, 6.07) is 16.8. The molecular weight excluding hydrogens is 434 g/mol. The summed E-state index contributed by atoms with van der Waals surface area (Å²) >= 11 is 0. The Kier molecular flexibility index (Phi) is 7.41. The first kappa shape index (κ1) is 23.1. The van der Waals surface area contributed by atoms with Crippen LogP contribution in [-0.4, -0.2) is 35.4 Å². The maximum Gasteiger partial charge on any atom is 0.205 e. The van der Waals surface area contributed by atoms with Crippen molar-refractivity contribution < 1.29 is 0 Å². The van der Waals surface area contributed by atoms with Crippen molar-refractivity contribution in [3.05, 3.63) is 77.9 Å². The number of rotatable bonds is 9. The minimum absolute atomic E-state index is 0.599. The quantitative estimate of drug-likeness (QED) is 0.314. The van der Waals surface area contributed by atoms with Crippen molar-refractivity contribution in [3.8, 4) is 22.5 Å². The second kappa shape index (κ2) is 11.2. The highest BCUT2D eigenvalue weighted by molar-refractivity contribution is 5.80. The number of aryl methyl sites for hydroxylation is 1. The van der Waals surface area contributed by atoms with Gasteiger partial charge < -0.3 is 0 Å². The van der Waals surface area contributed by atoms with Gasteiger partial charge in [0.15, 0.2) is 5.82 Å². The Morgan fingerprint density at radius 1 is 1.00 bits per heavy atom. The van der Waals surface area contributed by atoms with Gasteiger partial charge in [0.05, 0.1) is 6.54 Å². The lowest BCUT2D eigenvalue weighted by atomic mass is 9.86. The first-order chi connectivity index (χ1) is 17.3. The predicted molar refractivity (Wildman–Crippen MR) is 138 cm³/mol. The highest BCUT2D eigenvalue weighted by Gasteiger charge is 2.16. The van der Waals surface area contributed by atoms with Gasteiger partial charge in [0, 0.05) is 18.4 Å². The highest BCUT2D eigenvalue weighted by Crippen LogP contribution is 2.30. The van der Waals surface area contributed by atoms with Crippen LogP contribution < -0.4 is 0 Å². The molecule has 2 aromatic carbocycles. The Hall–Kier alpha value is -3.61. The molecule has 1 saturated carbocycles. The lowest BCUT2D eigenvalue weighted by Crippen LogP contribution is -2.08. The first-order valence-corrected chi connectivity index (χ1v) is 12.8. The summed E-state index contributed by atoms with van der Waals surface area (Å²) < 4.78 is 2.08. The zero-order valence-corrected chi connectivity index (χ0v) is 20.4. The predicted octanol–water partition coefficient (Wildman–Crippen LogP) is 5.81. The van der Waals surface area contributed by atoms with E-state index < -0.39 is 0 Å². The van der Waals surface area contributed by atoms with E-state index >= 15 is 0 Å². The van der Waals surface area contributed by atoms with E-state index in [9.17, 15) is 0 Å². The third-order valence-corrected chi connectivity index (χ3v) is 6.94. The fourth-order valence-electron chi connectivity index (χ4n) is 5.01. The van der Waals surface area contributed by atoms with Crippen molar-refractivity contribution in [2.45, 2.75) is 64.8 Å². The maximum atomic E-state index is 4.92. The number of tetrazole rings is 1. The van der Waals surface area contributed by atoms with Crippen LogP contribution >= 0.6 is 0 Å². The fraction of sp³-hybridized carbons (Fsp3) is 0.393. The van der Waals surface area contributed by atoms with Crippen molar-refractivity contribution in [2.24, 2.45) is 5.92 Å². The van der Waals surface area contributed by atoms with Crippen LogP contribution in [-0.2, 0) is 19.4 Å². The van der Waals surface area contributed by atoms with Gasteiger partial charge in [-0.1, -0.05) is 92.8 Å². The number of nitrogens with one attached hydrogen (secondary N) is 1. The van der Waals surface area contributed by atoms with Crippen molar-refractivity contribution in [2.75, 3.05) is 0 Å².